The summed E-state index contributed by atoms with van der Waals surface area (Å²) in [5, 5.41) is 14.2. The van der Waals surface area contributed by atoms with E-state index in [-0.39, 0.29) is 13.1 Å². The number of hydrogen-bond acceptors (Lipinski definition) is 4. The number of carbonyl (C=O) groups excluding carboxylic acids is 2. The molecule has 0 saturated heterocycles. The summed E-state index contributed by atoms with van der Waals surface area (Å²) in [6.07, 6.45) is -0.158. The summed E-state index contributed by atoms with van der Waals surface area (Å²) in [6, 6.07) is 9.44. The molecule has 1 unspecified atom stereocenters. The second kappa shape index (κ2) is 8.07. The summed E-state index contributed by atoms with van der Waals surface area (Å²) in [6.45, 7) is 5.72. The van der Waals surface area contributed by atoms with Crippen LogP contribution in [0, 0.1) is 13.8 Å². The summed E-state index contributed by atoms with van der Waals surface area (Å²) < 4.78 is 1.60. The van der Waals surface area contributed by atoms with Crippen LogP contribution in [0.15, 0.2) is 30.3 Å². The Morgan fingerprint density at radius 2 is 1.88 bits per heavy atom. The molecule has 0 saturated carbocycles. The third kappa shape index (κ3) is 4.33. The number of aryl methyl sites for hydroxylation is 2. The molecule has 134 valence electrons. The summed E-state index contributed by atoms with van der Waals surface area (Å²) in [7, 11) is 1.74. The van der Waals surface area contributed by atoms with E-state index >= 15 is 0 Å². The molecule has 0 spiro atoms. The van der Waals surface area contributed by atoms with Gasteiger partial charge in [-0.25, -0.2) is 0 Å². The maximum absolute atomic E-state index is 12.8. The van der Waals surface area contributed by atoms with Gasteiger partial charge in [0, 0.05) is 25.8 Å². The van der Waals surface area contributed by atoms with E-state index in [4.69, 9.17) is 0 Å². The van der Waals surface area contributed by atoms with Gasteiger partial charge in [-0.2, -0.15) is 5.10 Å². The molecule has 1 amide bonds. The van der Waals surface area contributed by atoms with Gasteiger partial charge < -0.3 is 10.0 Å². The van der Waals surface area contributed by atoms with E-state index in [1.54, 1.807) is 25.6 Å². The number of aliphatic hydroxyl groups excluding tert-OH is 1. The van der Waals surface area contributed by atoms with Gasteiger partial charge in [-0.15, -0.1) is 0 Å². The first-order valence-corrected chi connectivity index (χ1v) is 8.40. The van der Waals surface area contributed by atoms with Gasteiger partial charge in [0.15, 0.2) is 0 Å². The van der Waals surface area contributed by atoms with Gasteiger partial charge >= 0.3 is 0 Å². The number of carbonyl (C=O) groups is 2. The molecule has 1 aromatic heterocycles. The van der Waals surface area contributed by atoms with Gasteiger partial charge in [0.05, 0.1) is 17.4 Å². The molecular formula is C19H25N3O3. The average molecular weight is 343 g/mol. The van der Waals surface area contributed by atoms with Gasteiger partial charge in [0.1, 0.15) is 0 Å². The normalized spacial score (nSPS) is 12.0. The Morgan fingerprint density at radius 1 is 1.24 bits per heavy atom. The van der Waals surface area contributed by atoms with Crippen molar-refractivity contribution in [1.82, 2.24) is 14.7 Å². The molecule has 1 aromatic carbocycles. The standard InChI is InChI=1S/C19H25N3O3/c1-5-16(23)12-22(11-15-9-7-6-8-10-15)19(25)18(24)17-13(2)20-21(4)14(17)3/h6-10,16,23H,5,11-12H2,1-4H3. The molecule has 2 rings (SSSR count). The fourth-order valence-electron chi connectivity index (χ4n) is 2.76. The van der Waals surface area contributed by atoms with Crippen LogP contribution in [0.5, 0.6) is 0 Å². The van der Waals surface area contributed by atoms with Crippen molar-refractivity contribution in [2.24, 2.45) is 7.05 Å². The van der Waals surface area contributed by atoms with E-state index in [0.717, 1.165) is 5.56 Å². The molecule has 0 fully saturated rings. The quantitative estimate of drug-likeness (QED) is 0.616. The lowest BCUT2D eigenvalue weighted by Gasteiger charge is -2.24. The number of aliphatic hydroxyl groups is 1. The molecule has 25 heavy (non-hydrogen) atoms. The second-order valence-corrected chi connectivity index (χ2v) is 6.23. The van der Waals surface area contributed by atoms with Crippen molar-refractivity contribution in [3.8, 4) is 0 Å². The SMILES string of the molecule is CCC(O)CN(Cc1ccccc1)C(=O)C(=O)c1c(C)nn(C)c1C. The smallest absolute Gasteiger partial charge is 0.295 e. The van der Waals surface area contributed by atoms with Crippen LogP contribution in [0.2, 0.25) is 0 Å². The average Bonchev–Trinajstić information content (AvgIpc) is 2.86. The number of benzene rings is 1. The molecular weight excluding hydrogens is 318 g/mol. The number of aromatic nitrogens is 2. The van der Waals surface area contributed by atoms with E-state index < -0.39 is 17.8 Å². The van der Waals surface area contributed by atoms with E-state index in [1.165, 1.54) is 4.90 Å². The van der Waals surface area contributed by atoms with Crippen molar-refractivity contribution in [1.29, 1.82) is 0 Å². The lowest BCUT2D eigenvalue weighted by Crippen LogP contribution is -2.41. The van der Waals surface area contributed by atoms with Gasteiger partial charge in [-0.3, -0.25) is 14.3 Å². The number of Topliss-reactive ketones (excluding diaryl/α,β-unsaturated/α-hetero) is 1. The Morgan fingerprint density at radius 3 is 2.40 bits per heavy atom. The Kier molecular flexibility index (Phi) is 6.09. The highest BCUT2D eigenvalue weighted by atomic mass is 16.3. The number of nitrogens with zero attached hydrogens (tertiary/aromatic N) is 3. The van der Waals surface area contributed by atoms with Crippen LogP contribution in [-0.4, -0.2) is 44.1 Å². The maximum atomic E-state index is 12.8. The Bertz CT molecular complexity index is 753. The Labute approximate surface area is 148 Å². The van der Waals surface area contributed by atoms with Crippen LogP contribution >= 0.6 is 0 Å². The topological polar surface area (TPSA) is 75.4 Å². The number of hydrogen-bond donors (Lipinski definition) is 1. The predicted octanol–water partition coefficient (Wildman–Crippen LogP) is 2.02. The molecule has 0 aliphatic rings. The summed E-state index contributed by atoms with van der Waals surface area (Å²) in [5.41, 5.74) is 2.45. The molecule has 0 aliphatic heterocycles. The zero-order valence-corrected chi connectivity index (χ0v) is 15.2. The molecule has 1 N–H and O–H groups in total. The molecule has 6 nitrogen and oxygen atoms in total. The van der Waals surface area contributed by atoms with Crippen LogP contribution in [0.1, 0.15) is 40.7 Å². The first kappa shape index (κ1) is 18.9. The molecule has 2 aromatic rings. The van der Waals surface area contributed by atoms with Gasteiger partial charge in [0.2, 0.25) is 0 Å². The van der Waals surface area contributed by atoms with Crippen LogP contribution in [0.3, 0.4) is 0 Å². The van der Waals surface area contributed by atoms with Crippen LogP contribution in [0.4, 0.5) is 0 Å². The first-order chi connectivity index (χ1) is 11.8. The van der Waals surface area contributed by atoms with Crippen molar-refractivity contribution in [3.05, 3.63) is 52.8 Å². The maximum Gasteiger partial charge on any atom is 0.295 e. The van der Waals surface area contributed by atoms with Crippen LogP contribution in [-0.2, 0) is 18.4 Å². The minimum atomic E-state index is -0.670. The van der Waals surface area contributed by atoms with Crippen molar-refractivity contribution in [2.45, 2.75) is 39.8 Å². The lowest BCUT2D eigenvalue weighted by atomic mass is 10.1. The highest BCUT2D eigenvalue weighted by Gasteiger charge is 2.29. The van der Waals surface area contributed by atoms with Crippen molar-refractivity contribution < 1.29 is 14.7 Å². The minimum Gasteiger partial charge on any atom is -0.391 e. The largest absolute Gasteiger partial charge is 0.391 e. The number of ketones is 1. The Balaban J connectivity index is 2.29. The fourth-order valence-corrected chi connectivity index (χ4v) is 2.76. The molecule has 0 aliphatic carbocycles. The molecule has 0 bridgehead atoms. The van der Waals surface area contributed by atoms with Gasteiger partial charge in [-0.05, 0) is 25.8 Å². The zero-order valence-electron chi connectivity index (χ0n) is 15.2. The van der Waals surface area contributed by atoms with Crippen LogP contribution < -0.4 is 0 Å². The lowest BCUT2D eigenvalue weighted by molar-refractivity contribution is -0.128. The van der Waals surface area contributed by atoms with E-state index in [9.17, 15) is 14.7 Å². The third-order valence-corrected chi connectivity index (χ3v) is 4.34. The van der Waals surface area contributed by atoms with Crippen molar-refractivity contribution in [2.75, 3.05) is 6.54 Å². The molecule has 6 heteroatoms. The third-order valence-electron chi connectivity index (χ3n) is 4.34. The van der Waals surface area contributed by atoms with E-state index in [0.29, 0.717) is 23.4 Å². The van der Waals surface area contributed by atoms with Gasteiger partial charge in [-0.1, -0.05) is 37.3 Å². The highest BCUT2D eigenvalue weighted by Crippen LogP contribution is 2.16. The second-order valence-electron chi connectivity index (χ2n) is 6.23. The molecule has 1 heterocycles. The van der Waals surface area contributed by atoms with E-state index in [2.05, 4.69) is 5.10 Å². The van der Waals surface area contributed by atoms with Crippen LogP contribution in [0.25, 0.3) is 0 Å². The summed E-state index contributed by atoms with van der Waals surface area (Å²) >= 11 is 0. The van der Waals surface area contributed by atoms with E-state index in [1.807, 2.05) is 37.3 Å². The van der Waals surface area contributed by atoms with Gasteiger partial charge in [0.25, 0.3) is 11.7 Å². The monoisotopic (exact) mass is 343 g/mol. The highest BCUT2D eigenvalue weighted by molar-refractivity contribution is 6.43. The first-order valence-electron chi connectivity index (χ1n) is 8.40. The zero-order chi connectivity index (χ0) is 18.6. The Hall–Kier alpha value is -2.47. The number of amides is 1. The number of rotatable bonds is 7. The fraction of sp³-hybridized carbons (Fsp3) is 0.421. The van der Waals surface area contributed by atoms with Crippen molar-refractivity contribution in [3.63, 3.8) is 0 Å². The van der Waals surface area contributed by atoms with Crippen molar-refractivity contribution >= 4 is 11.7 Å². The summed E-state index contributed by atoms with van der Waals surface area (Å²) in [5.74, 6) is -1.20. The minimum absolute atomic E-state index is 0.119. The molecule has 0 radical (unpaired) electrons. The predicted molar refractivity (Wildman–Crippen MR) is 95.2 cm³/mol. The summed E-state index contributed by atoms with van der Waals surface area (Å²) in [4.78, 5) is 27.0. The molecule has 1 atom stereocenters.